The van der Waals surface area contributed by atoms with Crippen LogP contribution in [0.15, 0.2) is 24.3 Å². The van der Waals surface area contributed by atoms with Crippen molar-refractivity contribution in [1.82, 2.24) is 14.8 Å². The van der Waals surface area contributed by atoms with Crippen molar-refractivity contribution in [2.24, 2.45) is 0 Å². The SMILES string of the molecule is O=C(O)CCCN1CC(=O)N2Cc3[nH]c4ccccc4c3CC2C1=O. The molecule has 7 heteroatoms. The lowest BCUT2D eigenvalue weighted by Crippen LogP contribution is -2.61. The second-order valence-corrected chi connectivity index (χ2v) is 6.63. The number of aromatic nitrogens is 1. The number of para-hydroxylation sites is 1. The second-order valence-electron chi connectivity index (χ2n) is 6.63. The number of nitrogens with zero attached hydrogens (tertiary/aromatic N) is 2. The van der Waals surface area contributed by atoms with Gasteiger partial charge in [0.1, 0.15) is 6.04 Å². The van der Waals surface area contributed by atoms with Gasteiger partial charge in [0.15, 0.2) is 0 Å². The molecule has 1 unspecified atom stereocenters. The third kappa shape index (κ3) is 2.65. The van der Waals surface area contributed by atoms with Crippen molar-refractivity contribution in [3.8, 4) is 0 Å². The van der Waals surface area contributed by atoms with E-state index >= 15 is 0 Å². The molecule has 2 N–H and O–H groups in total. The monoisotopic (exact) mass is 341 g/mol. The summed E-state index contributed by atoms with van der Waals surface area (Å²) >= 11 is 0. The molecule has 25 heavy (non-hydrogen) atoms. The summed E-state index contributed by atoms with van der Waals surface area (Å²) in [6, 6.07) is 7.46. The lowest BCUT2D eigenvalue weighted by molar-refractivity contribution is -0.157. The van der Waals surface area contributed by atoms with Gasteiger partial charge in [0.05, 0.1) is 13.1 Å². The molecule has 1 atom stereocenters. The molecular formula is C18H19N3O4. The fraction of sp³-hybridized carbons (Fsp3) is 0.389. The summed E-state index contributed by atoms with van der Waals surface area (Å²) in [6.45, 7) is 0.759. The molecule has 1 aromatic heterocycles. The molecule has 2 aliphatic rings. The number of fused-ring (bicyclic) bond motifs is 4. The van der Waals surface area contributed by atoms with Gasteiger partial charge in [0, 0.05) is 36.0 Å². The molecule has 0 spiro atoms. The lowest BCUT2D eigenvalue weighted by Gasteiger charge is -2.42. The van der Waals surface area contributed by atoms with Crippen LogP contribution in [-0.2, 0) is 27.3 Å². The van der Waals surface area contributed by atoms with Crippen LogP contribution in [0.1, 0.15) is 24.1 Å². The number of amides is 2. The predicted molar refractivity (Wildman–Crippen MR) is 89.8 cm³/mol. The van der Waals surface area contributed by atoms with E-state index in [4.69, 9.17) is 5.11 Å². The Balaban J connectivity index is 1.59. The van der Waals surface area contributed by atoms with Gasteiger partial charge in [-0.05, 0) is 18.1 Å². The minimum absolute atomic E-state index is 0.00104. The van der Waals surface area contributed by atoms with E-state index in [1.165, 1.54) is 4.90 Å². The van der Waals surface area contributed by atoms with Gasteiger partial charge in [0.25, 0.3) is 0 Å². The molecular weight excluding hydrogens is 322 g/mol. The number of nitrogens with one attached hydrogen (secondary N) is 1. The number of aromatic amines is 1. The van der Waals surface area contributed by atoms with E-state index in [1.54, 1.807) is 4.90 Å². The number of H-pyrrole nitrogens is 1. The van der Waals surface area contributed by atoms with Crippen LogP contribution in [0.5, 0.6) is 0 Å². The van der Waals surface area contributed by atoms with Crippen LogP contribution < -0.4 is 0 Å². The molecule has 0 bridgehead atoms. The van der Waals surface area contributed by atoms with Crippen LogP contribution in [0.25, 0.3) is 10.9 Å². The van der Waals surface area contributed by atoms with E-state index in [0.717, 1.165) is 22.2 Å². The quantitative estimate of drug-likeness (QED) is 0.872. The highest BCUT2D eigenvalue weighted by Gasteiger charge is 2.42. The largest absolute Gasteiger partial charge is 0.481 e. The van der Waals surface area contributed by atoms with Gasteiger partial charge in [-0.2, -0.15) is 0 Å². The Kier molecular flexibility index (Phi) is 3.71. The average Bonchev–Trinajstić information content (AvgIpc) is 2.95. The molecule has 1 fully saturated rings. The maximum absolute atomic E-state index is 12.8. The number of carbonyl (C=O) groups is 3. The van der Waals surface area contributed by atoms with Crippen LogP contribution >= 0.6 is 0 Å². The summed E-state index contributed by atoms with van der Waals surface area (Å²) in [5.41, 5.74) is 3.12. The van der Waals surface area contributed by atoms with E-state index in [9.17, 15) is 14.4 Å². The number of carboxylic acid groups (broad SMARTS) is 1. The van der Waals surface area contributed by atoms with E-state index < -0.39 is 12.0 Å². The van der Waals surface area contributed by atoms with Crippen LogP contribution in [0.2, 0.25) is 0 Å². The van der Waals surface area contributed by atoms with Crippen molar-refractivity contribution in [3.63, 3.8) is 0 Å². The first kappa shape index (κ1) is 15.7. The number of benzene rings is 1. The number of carboxylic acids is 1. The highest BCUT2D eigenvalue weighted by molar-refractivity contribution is 5.96. The van der Waals surface area contributed by atoms with E-state index in [-0.39, 0.29) is 24.8 Å². The summed E-state index contributed by atoms with van der Waals surface area (Å²) in [5.74, 6) is -1.05. The fourth-order valence-corrected chi connectivity index (χ4v) is 3.84. The molecule has 2 aliphatic heterocycles. The molecule has 0 radical (unpaired) electrons. The molecule has 7 nitrogen and oxygen atoms in total. The smallest absolute Gasteiger partial charge is 0.303 e. The van der Waals surface area contributed by atoms with E-state index in [0.29, 0.717) is 25.9 Å². The Morgan fingerprint density at radius 3 is 2.84 bits per heavy atom. The van der Waals surface area contributed by atoms with Gasteiger partial charge in [0.2, 0.25) is 11.8 Å². The Bertz CT molecular complexity index is 872. The first-order chi connectivity index (χ1) is 12.0. The Labute approximate surface area is 144 Å². The molecule has 0 aliphatic carbocycles. The zero-order chi connectivity index (χ0) is 17.6. The third-order valence-corrected chi connectivity index (χ3v) is 5.07. The maximum Gasteiger partial charge on any atom is 0.303 e. The summed E-state index contributed by atoms with van der Waals surface area (Å²) < 4.78 is 0. The highest BCUT2D eigenvalue weighted by Crippen LogP contribution is 2.32. The van der Waals surface area contributed by atoms with E-state index in [1.807, 2.05) is 24.3 Å². The number of aliphatic carboxylic acids is 1. The molecule has 2 amide bonds. The summed E-state index contributed by atoms with van der Waals surface area (Å²) in [4.78, 5) is 42.5. The molecule has 4 rings (SSSR count). The van der Waals surface area contributed by atoms with Crippen molar-refractivity contribution in [1.29, 1.82) is 0 Å². The number of carbonyl (C=O) groups excluding carboxylic acids is 2. The van der Waals surface area contributed by atoms with Crippen molar-refractivity contribution >= 4 is 28.7 Å². The van der Waals surface area contributed by atoms with E-state index in [2.05, 4.69) is 4.98 Å². The topological polar surface area (TPSA) is 93.7 Å². The van der Waals surface area contributed by atoms with Gasteiger partial charge >= 0.3 is 5.97 Å². The molecule has 0 saturated carbocycles. The van der Waals surface area contributed by atoms with Crippen LogP contribution in [0, 0.1) is 0 Å². The average molecular weight is 341 g/mol. The van der Waals surface area contributed by atoms with Crippen molar-refractivity contribution in [2.45, 2.75) is 31.8 Å². The zero-order valence-electron chi connectivity index (χ0n) is 13.7. The number of hydrogen-bond donors (Lipinski definition) is 2. The molecule has 130 valence electrons. The third-order valence-electron chi connectivity index (χ3n) is 5.07. The van der Waals surface area contributed by atoms with Crippen molar-refractivity contribution in [2.75, 3.05) is 13.1 Å². The summed E-state index contributed by atoms with van der Waals surface area (Å²) in [6.07, 6.45) is 0.859. The number of hydrogen-bond acceptors (Lipinski definition) is 3. The maximum atomic E-state index is 12.8. The first-order valence-electron chi connectivity index (χ1n) is 8.43. The van der Waals surface area contributed by atoms with Gasteiger partial charge in [-0.1, -0.05) is 18.2 Å². The zero-order valence-corrected chi connectivity index (χ0v) is 13.7. The molecule has 2 aromatic rings. The van der Waals surface area contributed by atoms with Crippen molar-refractivity contribution < 1.29 is 19.5 Å². The summed E-state index contributed by atoms with van der Waals surface area (Å²) in [5, 5.41) is 9.85. The van der Waals surface area contributed by atoms with Gasteiger partial charge in [-0.15, -0.1) is 0 Å². The second kappa shape index (κ2) is 5.91. The molecule has 1 aromatic carbocycles. The van der Waals surface area contributed by atoms with Crippen molar-refractivity contribution in [3.05, 3.63) is 35.5 Å². The molecule has 3 heterocycles. The summed E-state index contributed by atoms with van der Waals surface area (Å²) in [7, 11) is 0. The fourth-order valence-electron chi connectivity index (χ4n) is 3.84. The minimum atomic E-state index is -0.890. The molecule has 1 saturated heterocycles. The normalized spacial score (nSPS) is 19.9. The lowest BCUT2D eigenvalue weighted by atomic mass is 9.94. The Morgan fingerprint density at radius 2 is 2.04 bits per heavy atom. The predicted octanol–water partition coefficient (Wildman–Crippen LogP) is 1.13. The Hall–Kier alpha value is -2.83. The van der Waals surface area contributed by atoms with Crippen LogP contribution in [-0.4, -0.2) is 56.8 Å². The van der Waals surface area contributed by atoms with Crippen LogP contribution in [0.3, 0.4) is 0 Å². The minimum Gasteiger partial charge on any atom is -0.481 e. The first-order valence-corrected chi connectivity index (χ1v) is 8.43. The Morgan fingerprint density at radius 1 is 1.24 bits per heavy atom. The van der Waals surface area contributed by atoms with Crippen LogP contribution in [0.4, 0.5) is 0 Å². The van der Waals surface area contributed by atoms with Gasteiger partial charge in [-0.25, -0.2) is 0 Å². The highest BCUT2D eigenvalue weighted by atomic mass is 16.4. The van der Waals surface area contributed by atoms with Gasteiger partial charge in [-0.3, -0.25) is 14.4 Å². The van der Waals surface area contributed by atoms with Gasteiger partial charge < -0.3 is 19.9 Å². The number of piperazine rings is 1. The standard InChI is InChI=1S/C18H19N3O4/c22-16-10-20(7-3-6-17(23)24)18(25)15-8-12-11-4-1-2-5-13(11)19-14(12)9-21(15)16/h1-2,4-5,15,19H,3,6-10H2,(H,23,24). The number of rotatable bonds is 4.